The number of hydrogen-bond acceptors (Lipinski definition) is 1. The summed E-state index contributed by atoms with van der Waals surface area (Å²) >= 11 is 5.43. The van der Waals surface area contributed by atoms with Crippen molar-refractivity contribution in [2.24, 2.45) is 5.73 Å². The van der Waals surface area contributed by atoms with E-state index in [-0.39, 0.29) is 10.6 Å². The third-order valence-corrected chi connectivity index (χ3v) is 1.82. The third-order valence-electron chi connectivity index (χ3n) is 1.53. The lowest BCUT2D eigenvalue weighted by Crippen LogP contribution is -2.07. The van der Waals surface area contributed by atoms with Crippen LogP contribution in [0.15, 0.2) is 12.1 Å². The highest BCUT2D eigenvalue weighted by Gasteiger charge is 2.10. The van der Waals surface area contributed by atoms with E-state index in [1.54, 1.807) is 6.92 Å². The van der Waals surface area contributed by atoms with Crippen LogP contribution in [0.2, 0.25) is 5.02 Å². The van der Waals surface area contributed by atoms with E-state index >= 15 is 0 Å². The van der Waals surface area contributed by atoms with E-state index in [1.807, 2.05) is 0 Å². The molecule has 1 aromatic rings. The summed E-state index contributed by atoms with van der Waals surface area (Å²) in [4.78, 5) is 0. The van der Waals surface area contributed by atoms with Crippen molar-refractivity contribution in [3.05, 3.63) is 34.4 Å². The highest BCUT2D eigenvalue weighted by atomic mass is 35.5. The molecule has 0 bridgehead atoms. The number of nitrogens with two attached hydrogens (primary N) is 1. The molecule has 0 aromatic heterocycles. The first-order valence-electron chi connectivity index (χ1n) is 3.42. The minimum atomic E-state index is -0.765. The molecule has 0 spiro atoms. The predicted molar refractivity (Wildman–Crippen MR) is 44.0 cm³/mol. The molecule has 4 heteroatoms. The van der Waals surface area contributed by atoms with Gasteiger partial charge in [-0.25, -0.2) is 8.78 Å². The molecule has 66 valence electrons. The first kappa shape index (κ1) is 9.42. The maximum atomic E-state index is 12.9. The van der Waals surface area contributed by atoms with Crippen LogP contribution < -0.4 is 5.73 Å². The lowest BCUT2D eigenvalue weighted by molar-refractivity contribution is 0.562. The zero-order valence-electron chi connectivity index (χ0n) is 6.44. The van der Waals surface area contributed by atoms with Crippen molar-refractivity contribution in [3.63, 3.8) is 0 Å². The van der Waals surface area contributed by atoms with Crippen LogP contribution in [0.4, 0.5) is 8.78 Å². The second-order valence-electron chi connectivity index (χ2n) is 2.58. The van der Waals surface area contributed by atoms with Gasteiger partial charge in [0.25, 0.3) is 0 Å². The Morgan fingerprint density at radius 1 is 1.33 bits per heavy atom. The Hall–Kier alpha value is -0.670. The fourth-order valence-corrected chi connectivity index (χ4v) is 1.06. The molecule has 0 amide bonds. The Bertz CT molecular complexity index is 299. The Kier molecular flexibility index (Phi) is 2.65. The van der Waals surface area contributed by atoms with Gasteiger partial charge in [-0.2, -0.15) is 0 Å². The van der Waals surface area contributed by atoms with Crippen molar-refractivity contribution in [2.45, 2.75) is 13.0 Å². The minimum Gasteiger partial charge on any atom is -0.324 e. The molecule has 0 aliphatic rings. The van der Waals surface area contributed by atoms with Gasteiger partial charge >= 0.3 is 0 Å². The van der Waals surface area contributed by atoms with E-state index in [1.165, 1.54) is 6.07 Å². The zero-order chi connectivity index (χ0) is 9.30. The Morgan fingerprint density at radius 2 is 1.92 bits per heavy atom. The summed E-state index contributed by atoms with van der Waals surface area (Å²) in [5.74, 6) is -1.43. The quantitative estimate of drug-likeness (QED) is 0.679. The Balaban J connectivity index is 3.23. The SMILES string of the molecule is CC(N)c1cc(Cl)c(F)cc1F. The van der Waals surface area contributed by atoms with E-state index < -0.39 is 17.7 Å². The average molecular weight is 192 g/mol. The third kappa shape index (κ3) is 1.73. The smallest absolute Gasteiger partial charge is 0.144 e. The Morgan fingerprint density at radius 3 is 2.42 bits per heavy atom. The van der Waals surface area contributed by atoms with Gasteiger partial charge < -0.3 is 5.73 Å². The van der Waals surface area contributed by atoms with Crippen molar-refractivity contribution in [3.8, 4) is 0 Å². The van der Waals surface area contributed by atoms with Crippen LogP contribution in [0.3, 0.4) is 0 Å². The molecule has 0 heterocycles. The van der Waals surface area contributed by atoms with Crippen molar-refractivity contribution >= 4 is 11.6 Å². The molecule has 12 heavy (non-hydrogen) atoms. The van der Waals surface area contributed by atoms with Gasteiger partial charge in [0.05, 0.1) is 5.02 Å². The van der Waals surface area contributed by atoms with Gasteiger partial charge in [-0.15, -0.1) is 0 Å². The summed E-state index contributed by atoms with van der Waals surface area (Å²) in [6.45, 7) is 1.60. The summed E-state index contributed by atoms with van der Waals surface area (Å²) in [6.07, 6.45) is 0. The molecular weight excluding hydrogens is 184 g/mol. The molecule has 1 rings (SSSR count). The first-order valence-corrected chi connectivity index (χ1v) is 3.80. The van der Waals surface area contributed by atoms with Gasteiger partial charge in [-0.3, -0.25) is 0 Å². The summed E-state index contributed by atoms with van der Waals surface area (Å²) in [7, 11) is 0. The second-order valence-corrected chi connectivity index (χ2v) is 2.98. The number of benzene rings is 1. The number of halogens is 3. The van der Waals surface area contributed by atoms with E-state index in [2.05, 4.69) is 0 Å². The van der Waals surface area contributed by atoms with Crippen molar-refractivity contribution in [2.75, 3.05) is 0 Å². The highest BCUT2D eigenvalue weighted by molar-refractivity contribution is 6.30. The van der Waals surface area contributed by atoms with Gasteiger partial charge in [0.15, 0.2) is 0 Å². The highest BCUT2D eigenvalue weighted by Crippen LogP contribution is 2.22. The molecule has 2 N–H and O–H groups in total. The molecule has 1 aromatic carbocycles. The van der Waals surface area contributed by atoms with Crippen LogP contribution in [0.25, 0.3) is 0 Å². The van der Waals surface area contributed by atoms with E-state index in [0.717, 1.165) is 6.07 Å². The maximum Gasteiger partial charge on any atom is 0.144 e. The van der Waals surface area contributed by atoms with Gasteiger partial charge in [-0.05, 0) is 13.0 Å². The summed E-state index contributed by atoms with van der Waals surface area (Å²) in [6, 6.07) is 1.46. The van der Waals surface area contributed by atoms with Gasteiger partial charge in [-0.1, -0.05) is 11.6 Å². The lowest BCUT2D eigenvalue weighted by Gasteiger charge is -2.07. The van der Waals surface area contributed by atoms with Crippen LogP contribution in [0.5, 0.6) is 0 Å². The summed E-state index contributed by atoms with van der Waals surface area (Å²) in [5, 5.41) is -0.108. The summed E-state index contributed by atoms with van der Waals surface area (Å²) < 4.78 is 25.5. The maximum absolute atomic E-state index is 12.9. The van der Waals surface area contributed by atoms with Crippen molar-refractivity contribution in [1.82, 2.24) is 0 Å². The molecule has 1 atom stereocenters. The zero-order valence-corrected chi connectivity index (χ0v) is 7.20. The number of rotatable bonds is 1. The van der Waals surface area contributed by atoms with Crippen molar-refractivity contribution < 1.29 is 8.78 Å². The van der Waals surface area contributed by atoms with Crippen LogP contribution in [-0.4, -0.2) is 0 Å². The van der Waals surface area contributed by atoms with E-state index in [0.29, 0.717) is 0 Å². The lowest BCUT2D eigenvalue weighted by atomic mass is 10.1. The number of hydrogen-bond donors (Lipinski definition) is 1. The standard InChI is InChI=1S/C8H8ClF2N/c1-4(12)5-2-6(9)8(11)3-7(5)10/h2-4H,12H2,1H3. The first-order chi connectivity index (χ1) is 5.52. The second kappa shape index (κ2) is 3.37. The molecule has 1 unspecified atom stereocenters. The van der Waals surface area contributed by atoms with Gasteiger partial charge in [0.1, 0.15) is 11.6 Å². The van der Waals surface area contributed by atoms with Crippen LogP contribution >= 0.6 is 11.6 Å². The fraction of sp³-hybridized carbons (Fsp3) is 0.250. The van der Waals surface area contributed by atoms with Crippen LogP contribution in [0.1, 0.15) is 18.5 Å². The van der Waals surface area contributed by atoms with E-state index in [4.69, 9.17) is 17.3 Å². The van der Waals surface area contributed by atoms with Crippen molar-refractivity contribution in [1.29, 1.82) is 0 Å². The van der Waals surface area contributed by atoms with Crippen LogP contribution in [-0.2, 0) is 0 Å². The normalized spacial score (nSPS) is 13.1. The molecule has 1 nitrogen and oxygen atoms in total. The van der Waals surface area contributed by atoms with Gasteiger partial charge in [0.2, 0.25) is 0 Å². The molecule has 0 radical (unpaired) electrons. The van der Waals surface area contributed by atoms with Gasteiger partial charge in [0, 0.05) is 17.7 Å². The molecule has 0 saturated carbocycles. The van der Waals surface area contributed by atoms with Crippen LogP contribution in [0, 0.1) is 11.6 Å². The molecular formula is C8H8ClF2N. The molecule has 0 aliphatic carbocycles. The summed E-state index contributed by atoms with van der Waals surface area (Å²) in [5.41, 5.74) is 5.64. The van der Waals surface area contributed by atoms with E-state index in [9.17, 15) is 8.78 Å². The Labute approximate surface area is 74.1 Å². The molecule has 0 fully saturated rings. The predicted octanol–water partition coefficient (Wildman–Crippen LogP) is 2.64. The molecule has 0 aliphatic heterocycles. The fourth-order valence-electron chi connectivity index (χ4n) is 0.887. The molecule has 0 saturated heterocycles. The topological polar surface area (TPSA) is 26.0 Å². The minimum absolute atomic E-state index is 0.108. The monoisotopic (exact) mass is 191 g/mol. The average Bonchev–Trinajstić information content (AvgIpc) is 1.96. The largest absolute Gasteiger partial charge is 0.324 e.